The maximum atomic E-state index is 14.0. The zero-order valence-electron chi connectivity index (χ0n) is 16.3. The monoisotopic (exact) mass is 385 g/mol. The van der Waals surface area contributed by atoms with Gasteiger partial charge in [-0.25, -0.2) is 9.18 Å². The molecule has 2 aromatic rings. The molecule has 0 radical (unpaired) electrons. The molecule has 1 aliphatic heterocycles. The van der Waals surface area contributed by atoms with E-state index in [1.54, 1.807) is 15.8 Å². The van der Waals surface area contributed by atoms with Crippen molar-refractivity contribution in [2.24, 2.45) is 7.05 Å². The topological polar surface area (TPSA) is 83.2 Å². The van der Waals surface area contributed by atoms with Gasteiger partial charge in [0, 0.05) is 44.2 Å². The number of hydrogen-bond donors (Lipinski definition) is 1. The predicted molar refractivity (Wildman–Crippen MR) is 101 cm³/mol. The first-order valence-electron chi connectivity index (χ1n) is 9.29. The van der Waals surface area contributed by atoms with E-state index in [1.807, 2.05) is 27.0 Å². The van der Waals surface area contributed by atoms with Gasteiger partial charge in [0.05, 0.1) is 23.9 Å². The molecule has 1 atom stereocenters. The number of benzene rings is 1. The zero-order valence-corrected chi connectivity index (χ0v) is 16.3. The second-order valence-corrected chi connectivity index (χ2v) is 7.04. The number of carbonyl (C=O) groups is 1. The Kier molecular flexibility index (Phi) is 5.83. The summed E-state index contributed by atoms with van der Waals surface area (Å²) >= 11 is 0. The Morgan fingerprint density at radius 3 is 2.71 bits per heavy atom. The summed E-state index contributed by atoms with van der Waals surface area (Å²) in [6, 6.07) is 5.81. The van der Waals surface area contributed by atoms with Crippen LogP contribution in [0.15, 0.2) is 24.4 Å². The maximum absolute atomic E-state index is 14.0. The summed E-state index contributed by atoms with van der Waals surface area (Å²) < 4.78 is 21.5. The van der Waals surface area contributed by atoms with E-state index in [-0.39, 0.29) is 29.5 Å². The Morgan fingerprint density at radius 1 is 1.43 bits per heavy atom. The van der Waals surface area contributed by atoms with Gasteiger partial charge >= 0.3 is 6.03 Å². The molecule has 0 bridgehead atoms. The number of aryl methyl sites for hydroxylation is 1. The summed E-state index contributed by atoms with van der Waals surface area (Å²) in [6.07, 6.45) is 2.84. The largest absolute Gasteiger partial charge is 0.487 e. The fraction of sp³-hybridized carbons (Fsp3) is 0.450. The van der Waals surface area contributed by atoms with Gasteiger partial charge in [-0.2, -0.15) is 10.4 Å². The van der Waals surface area contributed by atoms with Gasteiger partial charge in [-0.1, -0.05) is 0 Å². The first kappa shape index (κ1) is 19.7. The molecule has 1 N–H and O–H groups in total. The van der Waals surface area contributed by atoms with Crippen molar-refractivity contribution < 1.29 is 13.9 Å². The van der Waals surface area contributed by atoms with Crippen LogP contribution in [0.3, 0.4) is 0 Å². The SMILES string of the molecule is Cc1c(C(C)NC(=O)N2CCC(Oc3ccc(C#N)cc3F)CC2)cnn1C. The summed E-state index contributed by atoms with van der Waals surface area (Å²) in [4.78, 5) is 14.3. The number of aromatic nitrogens is 2. The highest BCUT2D eigenvalue weighted by atomic mass is 19.1. The summed E-state index contributed by atoms with van der Waals surface area (Å²) in [6.45, 7) is 4.97. The Hall–Kier alpha value is -3.08. The van der Waals surface area contributed by atoms with Crippen molar-refractivity contribution in [2.45, 2.75) is 38.8 Å². The van der Waals surface area contributed by atoms with Crippen LogP contribution in [0.5, 0.6) is 5.75 Å². The quantitative estimate of drug-likeness (QED) is 0.877. The second-order valence-electron chi connectivity index (χ2n) is 7.04. The molecule has 2 heterocycles. The van der Waals surface area contributed by atoms with E-state index in [9.17, 15) is 9.18 Å². The third kappa shape index (κ3) is 4.25. The van der Waals surface area contributed by atoms with E-state index < -0.39 is 5.82 Å². The highest BCUT2D eigenvalue weighted by Crippen LogP contribution is 2.23. The van der Waals surface area contributed by atoms with Crippen molar-refractivity contribution in [3.05, 3.63) is 47.0 Å². The average molecular weight is 385 g/mol. The van der Waals surface area contributed by atoms with Gasteiger partial charge in [0.1, 0.15) is 6.10 Å². The average Bonchev–Trinajstić information content (AvgIpc) is 3.02. The molecule has 1 aromatic heterocycles. The van der Waals surface area contributed by atoms with E-state index in [1.165, 1.54) is 18.2 Å². The highest BCUT2D eigenvalue weighted by Gasteiger charge is 2.26. The molecule has 1 unspecified atom stereocenters. The number of hydrogen-bond acceptors (Lipinski definition) is 4. The normalized spacial score (nSPS) is 15.8. The van der Waals surface area contributed by atoms with Crippen LogP contribution in [0.2, 0.25) is 0 Å². The molecule has 0 saturated carbocycles. The predicted octanol–water partition coefficient (Wildman–Crippen LogP) is 3.05. The standard InChI is InChI=1S/C20H24FN5O2/c1-13(17-12-23-25(3)14(17)2)24-20(27)26-8-6-16(7-9-26)28-19-5-4-15(11-22)10-18(19)21/h4-5,10,12-13,16H,6-9H2,1-3H3,(H,24,27). The number of halogens is 1. The summed E-state index contributed by atoms with van der Waals surface area (Å²) in [5.41, 5.74) is 2.27. The van der Waals surface area contributed by atoms with E-state index in [0.717, 1.165) is 11.3 Å². The molecule has 8 heteroatoms. The molecule has 7 nitrogen and oxygen atoms in total. The van der Waals surface area contributed by atoms with Crippen LogP contribution in [-0.2, 0) is 7.05 Å². The number of ether oxygens (including phenoxy) is 1. The van der Waals surface area contributed by atoms with Crippen LogP contribution in [-0.4, -0.2) is 39.9 Å². The number of nitriles is 1. The van der Waals surface area contributed by atoms with E-state index >= 15 is 0 Å². The summed E-state index contributed by atoms with van der Waals surface area (Å²) in [7, 11) is 1.87. The van der Waals surface area contributed by atoms with Gasteiger partial charge in [-0.3, -0.25) is 4.68 Å². The minimum absolute atomic E-state index is 0.126. The van der Waals surface area contributed by atoms with Gasteiger partial charge in [-0.15, -0.1) is 0 Å². The minimum Gasteiger partial charge on any atom is -0.487 e. The van der Waals surface area contributed by atoms with Gasteiger partial charge in [0.15, 0.2) is 11.6 Å². The molecule has 2 amide bonds. The second kappa shape index (κ2) is 8.30. The molecule has 0 spiro atoms. The van der Waals surface area contributed by atoms with Crippen LogP contribution in [0.1, 0.15) is 42.6 Å². The number of likely N-dealkylation sites (tertiary alicyclic amines) is 1. The molecule has 1 aromatic carbocycles. The molecule has 1 saturated heterocycles. The molecule has 0 aliphatic carbocycles. The van der Waals surface area contributed by atoms with Crippen molar-refractivity contribution in [2.75, 3.05) is 13.1 Å². The third-order valence-corrected chi connectivity index (χ3v) is 5.16. The Bertz CT molecular complexity index is 896. The molecule has 3 rings (SSSR count). The number of nitrogens with zero attached hydrogens (tertiary/aromatic N) is 4. The molecule has 148 valence electrons. The van der Waals surface area contributed by atoms with Gasteiger partial charge < -0.3 is 15.0 Å². The van der Waals surface area contributed by atoms with E-state index in [4.69, 9.17) is 10.00 Å². The van der Waals surface area contributed by atoms with Crippen LogP contribution < -0.4 is 10.1 Å². The minimum atomic E-state index is -0.542. The van der Waals surface area contributed by atoms with Crippen molar-refractivity contribution >= 4 is 6.03 Å². The fourth-order valence-corrected chi connectivity index (χ4v) is 3.32. The molecule has 1 fully saturated rings. The van der Waals surface area contributed by atoms with Crippen LogP contribution >= 0.6 is 0 Å². The Morgan fingerprint density at radius 2 is 2.14 bits per heavy atom. The van der Waals surface area contributed by atoms with Gasteiger partial charge in [0.25, 0.3) is 0 Å². The highest BCUT2D eigenvalue weighted by molar-refractivity contribution is 5.74. The number of piperidine rings is 1. The lowest BCUT2D eigenvalue weighted by Gasteiger charge is -2.33. The summed E-state index contributed by atoms with van der Waals surface area (Å²) in [5, 5.41) is 16.0. The van der Waals surface area contributed by atoms with Crippen molar-refractivity contribution in [3.8, 4) is 11.8 Å². The lowest BCUT2D eigenvalue weighted by Crippen LogP contribution is -2.47. The fourth-order valence-electron chi connectivity index (χ4n) is 3.32. The van der Waals surface area contributed by atoms with Crippen LogP contribution in [0.25, 0.3) is 0 Å². The lowest BCUT2D eigenvalue weighted by atomic mass is 10.1. The maximum Gasteiger partial charge on any atom is 0.317 e. The Labute approximate surface area is 163 Å². The van der Waals surface area contributed by atoms with Crippen LogP contribution in [0.4, 0.5) is 9.18 Å². The van der Waals surface area contributed by atoms with Crippen molar-refractivity contribution in [1.29, 1.82) is 5.26 Å². The van der Waals surface area contributed by atoms with Gasteiger partial charge in [-0.05, 0) is 32.0 Å². The molecular weight excluding hydrogens is 361 g/mol. The zero-order chi connectivity index (χ0) is 20.3. The number of rotatable bonds is 4. The number of nitrogens with one attached hydrogen (secondary N) is 1. The summed E-state index contributed by atoms with van der Waals surface area (Å²) in [5.74, 6) is -0.400. The van der Waals surface area contributed by atoms with Crippen LogP contribution in [0, 0.1) is 24.1 Å². The molecule has 28 heavy (non-hydrogen) atoms. The number of amides is 2. The Balaban J connectivity index is 1.51. The first-order valence-corrected chi connectivity index (χ1v) is 9.29. The first-order chi connectivity index (χ1) is 13.4. The van der Waals surface area contributed by atoms with E-state index in [0.29, 0.717) is 25.9 Å². The molecule has 1 aliphatic rings. The van der Waals surface area contributed by atoms with Crippen molar-refractivity contribution in [3.63, 3.8) is 0 Å². The smallest absolute Gasteiger partial charge is 0.317 e. The van der Waals surface area contributed by atoms with Gasteiger partial charge in [0.2, 0.25) is 0 Å². The third-order valence-electron chi connectivity index (χ3n) is 5.16. The van der Waals surface area contributed by atoms with E-state index in [2.05, 4.69) is 10.4 Å². The number of urea groups is 1. The molecular formula is C20H24FN5O2. The number of carbonyl (C=O) groups excluding carboxylic acids is 1. The van der Waals surface area contributed by atoms with Crippen molar-refractivity contribution in [1.82, 2.24) is 20.0 Å². The lowest BCUT2D eigenvalue weighted by molar-refractivity contribution is 0.107.